The van der Waals surface area contributed by atoms with Crippen LogP contribution in [-0.2, 0) is 11.8 Å². The minimum absolute atomic E-state index is 0.311. The number of nitrogens with two attached hydrogens (primary N) is 1. The van der Waals surface area contributed by atoms with Crippen molar-refractivity contribution in [3.05, 3.63) is 35.4 Å². The Morgan fingerprint density at radius 2 is 1.74 bits per heavy atom. The summed E-state index contributed by atoms with van der Waals surface area (Å²) in [5.74, 6) is 0. The normalized spacial score (nSPS) is 27.7. The fourth-order valence-electron chi connectivity index (χ4n) is 3.43. The van der Waals surface area contributed by atoms with Crippen molar-refractivity contribution in [3.63, 3.8) is 0 Å². The van der Waals surface area contributed by atoms with Crippen LogP contribution in [0.5, 0.6) is 0 Å². The van der Waals surface area contributed by atoms with Crippen molar-refractivity contribution in [2.75, 3.05) is 20.6 Å². The van der Waals surface area contributed by atoms with Crippen molar-refractivity contribution in [1.29, 1.82) is 0 Å². The van der Waals surface area contributed by atoms with Gasteiger partial charge in [0.15, 0.2) is 0 Å². The predicted molar refractivity (Wildman–Crippen MR) is 82.5 cm³/mol. The Labute approximate surface area is 118 Å². The van der Waals surface area contributed by atoms with E-state index in [9.17, 15) is 0 Å². The fourth-order valence-corrected chi connectivity index (χ4v) is 3.43. The second-order valence-electron chi connectivity index (χ2n) is 6.41. The lowest BCUT2D eigenvalue weighted by molar-refractivity contribution is 0.204. The Bertz CT molecular complexity index is 386. The molecule has 1 aliphatic carbocycles. The van der Waals surface area contributed by atoms with Gasteiger partial charge in [-0.15, -0.1) is 0 Å². The summed E-state index contributed by atoms with van der Waals surface area (Å²) in [7, 11) is 4.35. The molecule has 1 saturated carbocycles. The quantitative estimate of drug-likeness (QED) is 0.902. The summed E-state index contributed by atoms with van der Waals surface area (Å²) in [5.41, 5.74) is 9.34. The van der Waals surface area contributed by atoms with E-state index in [1.165, 1.54) is 24.0 Å². The highest BCUT2D eigenvalue weighted by Gasteiger charge is 2.36. The molecule has 2 nitrogen and oxygen atoms in total. The molecule has 2 heteroatoms. The number of likely N-dealkylation sites (N-methyl/N-ethyl adjacent to an activating group) is 1. The number of benzene rings is 1. The van der Waals surface area contributed by atoms with Gasteiger partial charge in [-0.2, -0.15) is 0 Å². The maximum atomic E-state index is 6.10. The second-order valence-corrected chi connectivity index (χ2v) is 6.41. The van der Waals surface area contributed by atoms with Gasteiger partial charge in [-0.25, -0.2) is 0 Å². The lowest BCUT2D eigenvalue weighted by atomic mass is 9.68. The van der Waals surface area contributed by atoms with E-state index in [1.807, 2.05) is 0 Å². The lowest BCUT2D eigenvalue weighted by Gasteiger charge is -2.41. The van der Waals surface area contributed by atoms with Crippen LogP contribution < -0.4 is 5.73 Å². The molecule has 0 unspecified atom stereocenters. The molecule has 0 aliphatic heterocycles. The number of hydrogen-bond donors (Lipinski definition) is 1. The van der Waals surface area contributed by atoms with Gasteiger partial charge in [-0.3, -0.25) is 0 Å². The van der Waals surface area contributed by atoms with Crippen molar-refractivity contribution < 1.29 is 0 Å². The summed E-state index contributed by atoms with van der Waals surface area (Å²) >= 11 is 0. The summed E-state index contributed by atoms with van der Waals surface area (Å²) in [6.07, 6.45) is 5.87. The van der Waals surface area contributed by atoms with Crippen LogP contribution in [-0.4, -0.2) is 31.6 Å². The van der Waals surface area contributed by atoms with Crippen LogP contribution in [0.4, 0.5) is 0 Å². The fraction of sp³-hybridized carbons (Fsp3) is 0.647. The maximum Gasteiger partial charge on any atom is 0.00812 e. The van der Waals surface area contributed by atoms with Gasteiger partial charge in [0, 0.05) is 18.0 Å². The Kier molecular flexibility index (Phi) is 4.64. The van der Waals surface area contributed by atoms with E-state index >= 15 is 0 Å². The Morgan fingerprint density at radius 3 is 2.21 bits per heavy atom. The highest BCUT2D eigenvalue weighted by molar-refractivity contribution is 5.30. The SMILES string of the molecule is CCc1ccc(C2(CN(C)C)CCC(N)CC2)cc1. The number of aryl methyl sites for hydroxylation is 1. The standard InChI is InChI=1S/C17H28N2/c1-4-14-5-7-15(8-6-14)17(13-19(2)3)11-9-16(18)10-12-17/h5-8,16H,4,9-13,18H2,1-3H3. The van der Waals surface area contributed by atoms with Crippen molar-refractivity contribution >= 4 is 0 Å². The van der Waals surface area contributed by atoms with Gasteiger partial charge >= 0.3 is 0 Å². The summed E-state index contributed by atoms with van der Waals surface area (Å²) in [5, 5.41) is 0. The predicted octanol–water partition coefficient (Wildman–Crippen LogP) is 2.95. The van der Waals surface area contributed by atoms with Gasteiger partial charge in [0.2, 0.25) is 0 Å². The number of rotatable bonds is 4. The summed E-state index contributed by atoms with van der Waals surface area (Å²) in [4.78, 5) is 2.32. The zero-order valence-corrected chi connectivity index (χ0v) is 12.7. The topological polar surface area (TPSA) is 29.3 Å². The van der Waals surface area contributed by atoms with Crippen LogP contribution in [0.2, 0.25) is 0 Å². The van der Waals surface area contributed by atoms with Gasteiger partial charge in [0.1, 0.15) is 0 Å². The van der Waals surface area contributed by atoms with Crippen LogP contribution in [0, 0.1) is 0 Å². The molecule has 106 valence electrons. The third-order valence-corrected chi connectivity index (χ3v) is 4.58. The average Bonchev–Trinajstić information content (AvgIpc) is 2.41. The van der Waals surface area contributed by atoms with Gasteiger partial charge in [-0.1, -0.05) is 31.2 Å². The van der Waals surface area contributed by atoms with Gasteiger partial charge in [0.05, 0.1) is 0 Å². The smallest absolute Gasteiger partial charge is 0.00812 e. The molecule has 0 saturated heterocycles. The maximum absolute atomic E-state index is 6.10. The third-order valence-electron chi connectivity index (χ3n) is 4.58. The van der Waals surface area contributed by atoms with Gasteiger partial charge < -0.3 is 10.6 Å². The molecule has 0 atom stereocenters. The molecule has 1 aliphatic rings. The van der Waals surface area contributed by atoms with Crippen molar-refractivity contribution in [3.8, 4) is 0 Å². The lowest BCUT2D eigenvalue weighted by Crippen LogP contribution is -2.43. The van der Waals surface area contributed by atoms with Crippen molar-refractivity contribution in [2.24, 2.45) is 5.73 Å². The third kappa shape index (κ3) is 3.37. The number of nitrogens with zero attached hydrogens (tertiary/aromatic N) is 1. The van der Waals surface area contributed by atoms with Crippen LogP contribution >= 0.6 is 0 Å². The molecule has 19 heavy (non-hydrogen) atoms. The Balaban J connectivity index is 2.25. The van der Waals surface area contributed by atoms with Crippen molar-refractivity contribution in [1.82, 2.24) is 4.90 Å². The van der Waals surface area contributed by atoms with Crippen LogP contribution in [0.25, 0.3) is 0 Å². The molecule has 0 radical (unpaired) electrons. The van der Waals surface area contributed by atoms with Gasteiger partial charge in [-0.05, 0) is 57.3 Å². The largest absolute Gasteiger partial charge is 0.328 e. The monoisotopic (exact) mass is 260 g/mol. The van der Waals surface area contributed by atoms with Crippen LogP contribution in [0.3, 0.4) is 0 Å². The van der Waals surface area contributed by atoms with Crippen LogP contribution in [0.1, 0.15) is 43.7 Å². The average molecular weight is 260 g/mol. The summed E-state index contributed by atoms with van der Waals surface area (Å²) in [6, 6.07) is 9.69. The molecule has 1 aromatic carbocycles. The summed E-state index contributed by atoms with van der Waals surface area (Å²) in [6.45, 7) is 3.34. The zero-order valence-electron chi connectivity index (χ0n) is 12.7. The van der Waals surface area contributed by atoms with Crippen molar-refractivity contribution in [2.45, 2.75) is 50.5 Å². The molecule has 0 spiro atoms. The van der Waals surface area contributed by atoms with Crippen LogP contribution in [0.15, 0.2) is 24.3 Å². The highest BCUT2D eigenvalue weighted by atomic mass is 15.1. The Hall–Kier alpha value is -0.860. The first-order valence-corrected chi connectivity index (χ1v) is 7.55. The molecule has 2 rings (SSSR count). The Morgan fingerprint density at radius 1 is 1.16 bits per heavy atom. The van der Waals surface area contributed by atoms with E-state index in [-0.39, 0.29) is 0 Å². The van der Waals surface area contributed by atoms with Gasteiger partial charge in [0.25, 0.3) is 0 Å². The minimum Gasteiger partial charge on any atom is -0.328 e. The molecule has 2 N–H and O–H groups in total. The first kappa shape index (κ1) is 14.5. The van der Waals surface area contributed by atoms with E-state index in [1.54, 1.807) is 0 Å². The highest BCUT2D eigenvalue weighted by Crippen LogP contribution is 2.39. The molecule has 0 aromatic heterocycles. The molecule has 1 aromatic rings. The van der Waals surface area contributed by atoms with E-state index in [0.717, 1.165) is 25.8 Å². The van der Waals surface area contributed by atoms with E-state index in [2.05, 4.69) is 50.2 Å². The molecule has 0 heterocycles. The zero-order chi connectivity index (χ0) is 13.9. The van der Waals surface area contributed by atoms with E-state index < -0.39 is 0 Å². The molecular weight excluding hydrogens is 232 g/mol. The second kappa shape index (κ2) is 6.06. The molecule has 0 amide bonds. The minimum atomic E-state index is 0.311. The van der Waals surface area contributed by atoms with E-state index in [0.29, 0.717) is 11.5 Å². The first-order chi connectivity index (χ1) is 9.05. The molecule has 0 bridgehead atoms. The van der Waals surface area contributed by atoms with E-state index in [4.69, 9.17) is 5.73 Å². The molecule has 1 fully saturated rings. The number of hydrogen-bond acceptors (Lipinski definition) is 2. The molecular formula is C17H28N2. The first-order valence-electron chi connectivity index (χ1n) is 7.55. The summed E-state index contributed by atoms with van der Waals surface area (Å²) < 4.78 is 0.